The first-order chi connectivity index (χ1) is 12.3. The number of anilines is 1. The number of morpholine rings is 1. The van der Waals surface area contributed by atoms with Crippen molar-refractivity contribution in [3.8, 4) is 0 Å². The molecule has 1 atom stereocenters. The number of hydrogen-bond acceptors (Lipinski definition) is 5. The minimum atomic E-state index is 0.207. The van der Waals surface area contributed by atoms with Crippen LogP contribution in [-0.4, -0.2) is 41.1 Å². The summed E-state index contributed by atoms with van der Waals surface area (Å²) in [6.07, 6.45) is 3.52. The number of nitrogens with one attached hydrogen (secondary N) is 1. The molecule has 1 aromatic heterocycles. The van der Waals surface area contributed by atoms with Crippen LogP contribution in [0.5, 0.6) is 0 Å². The second-order valence-electron chi connectivity index (χ2n) is 6.95. The number of benzene rings is 1. The zero-order valence-electron chi connectivity index (χ0n) is 14.9. The quantitative estimate of drug-likeness (QED) is 0.904. The van der Waals surface area contributed by atoms with Crippen LogP contribution < -0.4 is 10.2 Å². The molecule has 4 rings (SSSR count). The average Bonchev–Trinajstić information content (AvgIpc) is 3.11. The third-order valence-corrected chi connectivity index (χ3v) is 5.20. The van der Waals surface area contributed by atoms with Gasteiger partial charge in [-0.25, -0.2) is 0 Å². The van der Waals surface area contributed by atoms with E-state index in [0.717, 1.165) is 57.5 Å². The highest BCUT2D eigenvalue weighted by atomic mass is 16.5. The molecular weight excluding hydrogens is 314 g/mol. The number of aromatic nitrogens is 3. The van der Waals surface area contributed by atoms with Crippen molar-refractivity contribution in [2.24, 2.45) is 0 Å². The van der Waals surface area contributed by atoms with Gasteiger partial charge in [-0.3, -0.25) is 0 Å². The molecule has 2 aliphatic rings. The van der Waals surface area contributed by atoms with Gasteiger partial charge in [-0.05, 0) is 37.5 Å². The lowest BCUT2D eigenvalue weighted by Gasteiger charge is -2.29. The largest absolute Gasteiger partial charge is 0.378 e. The summed E-state index contributed by atoms with van der Waals surface area (Å²) in [5.41, 5.74) is 2.58. The monoisotopic (exact) mass is 341 g/mol. The van der Waals surface area contributed by atoms with Crippen molar-refractivity contribution < 1.29 is 4.74 Å². The first kappa shape index (κ1) is 16.5. The standard InChI is InChI=1S/C19H27N5O/c1-15(19-22-21-18-4-2-3-9-24(18)19)20-14-16-5-7-17(8-6-16)23-10-12-25-13-11-23/h5-8,15,20H,2-4,9-14H2,1H3. The van der Waals surface area contributed by atoms with Crippen LogP contribution >= 0.6 is 0 Å². The fourth-order valence-electron chi connectivity index (χ4n) is 3.66. The molecule has 2 aromatic rings. The summed E-state index contributed by atoms with van der Waals surface area (Å²) in [7, 11) is 0. The van der Waals surface area contributed by atoms with E-state index in [2.05, 4.69) is 56.2 Å². The predicted octanol–water partition coefficient (Wildman–Crippen LogP) is 2.30. The topological polar surface area (TPSA) is 55.2 Å². The van der Waals surface area contributed by atoms with E-state index >= 15 is 0 Å². The van der Waals surface area contributed by atoms with Crippen molar-refractivity contribution in [3.05, 3.63) is 41.5 Å². The summed E-state index contributed by atoms with van der Waals surface area (Å²) in [4.78, 5) is 2.38. The molecule has 6 nitrogen and oxygen atoms in total. The third kappa shape index (κ3) is 3.70. The number of ether oxygens (including phenoxy) is 1. The van der Waals surface area contributed by atoms with E-state index in [4.69, 9.17) is 4.74 Å². The first-order valence-corrected chi connectivity index (χ1v) is 9.38. The molecule has 0 spiro atoms. The fraction of sp³-hybridized carbons (Fsp3) is 0.579. The Morgan fingerprint density at radius 3 is 2.68 bits per heavy atom. The van der Waals surface area contributed by atoms with Crippen molar-refractivity contribution in [2.75, 3.05) is 31.2 Å². The summed E-state index contributed by atoms with van der Waals surface area (Å²) >= 11 is 0. The van der Waals surface area contributed by atoms with Gasteiger partial charge in [0, 0.05) is 38.3 Å². The maximum atomic E-state index is 5.42. The second-order valence-corrected chi connectivity index (χ2v) is 6.95. The number of fused-ring (bicyclic) bond motifs is 1. The molecule has 2 aliphatic heterocycles. The minimum absolute atomic E-state index is 0.207. The molecule has 0 amide bonds. The smallest absolute Gasteiger partial charge is 0.149 e. The molecule has 0 bridgehead atoms. The Morgan fingerprint density at radius 1 is 1.08 bits per heavy atom. The van der Waals surface area contributed by atoms with E-state index < -0.39 is 0 Å². The molecule has 3 heterocycles. The van der Waals surface area contributed by atoms with Crippen LogP contribution in [0.3, 0.4) is 0 Å². The molecule has 1 N–H and O–H groups in total. The number of rotatable bonds is 5. The van der Waals surface area contributed by atoms with Crippen LogP contribution in [0.2, 0.25) is 0 Å². The van der Waals surface area contributed by atoms with Crippen LogP contribution in [0, 0.1) is 0 Å². The maximum Gasteiger partial charge on any atom is 0.149 e. The van der Waals surface area contributed by atoms with E-state index in [1.807, 2.05) is 0 Å². The van der Waals surface area contributed by atoms with Crippen LogP contribution in [0.4, 0.5) is 5.69 Å². The van der Waals surface area contributed by atoms with E-state index in [-0.39, 0.29) is 6.04 Å². The fourth-order valence-corrected chi connectivity index (χ4v) is 3.66. The number of nitrogens with zero attached hydrogens (tertiary/aromatic N) is 4. The Balaban J connectivity index is 1.35. The molecular formula is C19H27N5O. The van der Waals surface area contributed by atoms with Gasteiger partial charge in [0.15, 0.2) is 0 Å². The Kier molecular flexibility index (Phi) is 4.99. The lowest BCUT2D eigenvalue weighted by molar-refractivity contribution is 0.122. The summed E-state index contributed by atoms with van der Waals surface area (Å²) in [6.45, 7) is 7.67. The number of hydrogen-bond donors (Lipinski definition) is 1. The predicted molar refractivity (Wildman–Crippen MR) is 97.7 cm³/mol. The van der Waals surface area contributed by atoms with Crippen LogP contribution in [-0.2, 0) is 24.2 Å². The normalized spacial score (nSPS) is 18.8. The lowest BCUT2D eigenvalue weighted by Crippen LogP contribution is -2.36. The van der Waals surface area contributed by atoms with Crippen molar-refractivity contribution in [2.45, 2.75) is 45.3 Å². The molecule has 6 heteroatoms. The molecule has 1 aromatic carbocycles. The van der Waals surface area contributed by atoms with Crippen LogP contribution in [0.15, 0.2) is 24.3 Å². The average molecular weight is 341 g/mol. The van der Waals surface area contributed by atoms with Crippen molar-refractivity contribution >= 4 is 5.69 Å². The zero-order chi connectivity index (χ0) is 17.1. The zero-order valence-corrected chi connectivity index (χ0v) is 14.9. The Hall–Kier alpha value is -1.92. The van der Waals surface area contributed by atoms with E-state index in [0.29, 0.717) is 0 Å². The van der Waals surface area contributed by atoms with Gasteiger partial charge >= 0.3 is 0 Å². The summed E-state index contributed by atoms with van der Waals surface area (Å²) < 4.78 is 7.71. The summed E-state index contributed by atoms with van der Waals surface area (Å²) in [5, 5.41) is 12.4. The van der Waals surface area contributed by atoms with Crippen LogP contribution in [0.1, 0.15) is 43.0 Å². The molecule has 1 fully saturated rings. The van der Waals surface area contributed by atoms with E-state index in [1.54, 1.807) is 0 Å². The summed E-state index contributed by atoms with van der Waals surface area (Å²) in [6, 6.07) is 9.06. The molecule has 134 valence electrons. The van der Waals surface area contributed by atoms with Gasteiger partial charge in [0.05, 0.1) is 19.3 Å². The Labute approximate surface area is 149 Å². The second kappa shape index (κ2) is 7.54. The highest BCUT2D eigenvalue weighted by Gasteiger charge is 2.19. The highest BCUT2D eigenvalue weighted by molar-refractivity contribution is 5.47. The van der Waals surface area contributed by atoms with Gasteiger partial charge in [-0.1, -0.05) is 12.1 Å². The Morgan fingerprint density at radius 2 is 1.88 bits per heavy atom. The van der Waals surface area contributed by atoms with E-state index in [1.165, 1.54) is 24.1 Å². The van der Waals surface area contributed by atoms with E-state index in [9.17, 15) is 0 Å². The van der Waals surface area contributed by atoms with Gasteiger partial charge in [0.1, 0.15) is 11.6 Å². The van der Waals surface area contributed by atoms with Crippen molar-refractivity contribution in [1.82, 2.24) is 20.1 Å². The lowest BCUT2D eigenvalue weighted by atomic mass is 10.1. The van der Waals surface area contributed by atoms with Crippen molar-refractivity contribution in [3.63, 3.8) is 0 Å². The molecule has 1 saturated heterocycles. The van der Waals surface area contributed by atoms with Gasteiger partial charge < -0.3 is 19.5 Å². The van der Waals surface area contributed by atoms with Crippen molar-refractivity contribution in [1.29, 1.82) is 0 Å². The molecule has 0 radical (unpaired) electrons. The number of aryl methyl sites for hydroxylation is 1. The van der Waals surface area contributed by atoms with Crippen LogP contribution in [0.25, 0.3) is 0 Å². The summed E-state index contributed by atoms with van der Waals surface area (Å²) in [5.74, 6) is 2.21. The van der Waals surface area contributed by atoms with Gasteiger partial charge in [-0.2, -0.15) is 0 Å². The highest BCUT2D eigenvalue weighted by Crippen LogP contribution is 2.20. The van der Waals surface area contributed by atoms with Gasteiger partial charge in [-0.15, -0.1) is 10.2 Å². The SMILES string of the molecule is CC(NCc1ccc(N2CCOCC2)cc1)c1nnc2n1CCCC2. The Bertz CT molecular complexity index is 690. The maximum absolute atomic E-state index is 5.42. The molecule has 0 saturated carbocycles. The van der Waals surface area contributed by atoms with Gasteiger partial charge in [0.2, 0.25) is 0 Å². The third-order valence-electron chi connectivity index (χ3n) is 5.20. The first-order valence-electron chi connectivity index (χ1n) is 9.38. The molecule has 1 unspecified atom stereocenters. The minimum Gasteiger partial charge on any atom is -0.378 e. The van der Waals surface area contributed by atoms with Gasteiger partial charge in [0.25, 0.3) is 0 Å². The molecule has 0 aliphatic carbocycles. The molecule has 25 heavy (non-hydrogen) atoms.